The van der Waals surface area contributed by atoms with Gasteiger partial charge in [0.15, 0.2) is 0 Å². The molecule has 1 heterocycles. The summed E-state index contributed by atoms with van der Waals surface area (Å²) in [5.74, 6) is -0.270. The number of carbonyl (C=O) groups is 2. The molecule has 2 aromatic carbocycles. The van der Waals surface area contributed by atoms with Gasteiger partial charge in [0.05, 0.1) is 0 Å². The highest BCUT2D eigenvalue weighted by atomic mass is 35.5. The minimum Gasteiger partial charge on any atom is -0.354 e. The van der Waals surface area contributed by atoms with Crippen molar-refractivity contribution in [3.63, 3.8) is 0 Å². The number of hydrogen-bond donors (Lipinski definition) is 2. The molecule has 2 amide bonds. The summed E-state index contributed by atoms with van der Waals surface area (Å²) in [6.07, 6.45) is 1.28. The third kappa shape index (κ3) is 5.81. The van der Waals surface area contributed by atoms with Crippen molar-refractivity contribution in [2.24, 2.45) is 0 Å². The van der Waals surface area contributed by atoms with Crippen molar-refractivity contribution in [2.75, 3.05) is 19.6 Å². The number of carbonyl (C=O) groups excluding carboxylic acids is 2. The molecule has 1 aliphatic heterocycles. The highest BCUT2D eigenvalue weighted by molar-refractivity contribution is 6.30. The predicted molar refractivity (Wildman–Crippen MR) is 116 cm³/mol. The number of benzene rings is 2. The molecule has 0 aromatic heterocycles. The quantitative estimate of drug-likeness (QED) is 0.731. The van der Waals surface area contributed by atoms with Crippen molar-refractivity contribution >= 4 is 23.4 Å². The van der Waals surface area contributed by atoms with Crippen LogP contribution in [-0.4, -0.2) is 41.9 Å². The maximum atomic E-state index is 12.2. The molecule has 6 heteroatoms. The highest BCUT2D eigenvalue weighted by Gasteiger charge is 2.29. The molecule has 0 aliphatic carbocycles. The second-order valence-electron chi connectivity index (χ2n) is 8.04. The van der Waals surface area contributed by atoms with Crippen LogP contribution in [0.3, 0.4) is 0 Å². The van der Waals surface area contributed by atoms with Gasteiger partial charge in [-0.1, -0.05) is 35.9 Å². The zero-order valence-corrected chi connectivity index (χ0v) is 17.8. The summed E-state index contributed by atoms with van der Waals surface area (Å²) in [5, 5.41) is 6.37. The molecule has 1 aliphatic rings. The highest BCUT2D eigenvalue weighted by Crippen LogP contribution is 2.24. The van der Waals surface area contributed by atoms with Gasteiger partial charge in [0.25, 0.3) is 5.91 Å². The molecule has 0 bridgehead atoms. The zero-order valence-electron chi connectivity index (χ0n) is 17.0. The monoisotopic (exact) mass is 413 g/mol. The van der Waals surface area contributed by atoms with Gasteiger partial charge in [-0.05, 0) is 55.7 Å². The van der Waals surface area contributed by atoms with Crippen molar-refractivity contribution in [1.82, 2.24) is 15.5 Å². The molecule has 0 atom stereocenters. The summed E-state index contributed by atoms with van der Waals surface area (Å²) in [7, 11) is 0. The van der Waals surface area contributed by atoms with E-state index in [0.29, 0.717) is 23.7 Å². The van der Waals surface area contributed by atoms with Gasteiger partial charge in [-0.25, -0.2) is 0 Å². The molecule has 2 N–H and O–H groups in total. The number of nitrogens with zero attached hydrogens (tertiary/aromatic N) is 1. The minimum atomic E-state index is -0.207. The summed E-state index contributed by atoms with van der Waals surface area (Å²) in [6, 6.07) is 15.2. The largest absolute Gasteiger partial charge is 0.354 e. The van der Waals surface area contributed by atoms with Crippen LogP contribution in [0.1, 0.15) is 41.8 Å². The number of fused-ring (bicyclic) bond motifs is 1. The Morgan fingerprint density at radius 3 is 2.45 bits per heavy atom. The molecular formula is C23H28ClN3O2. The predicted octanol–water partition coefficient (Wildman–Crippen LogP) is 3.41. The number of amides is 2. The van der Waals surface area contributed by atoms with Crippen LogP contribution >= 0.6 is 11.6 Å². The van der Waals surface area contributed by atoms with Crippen molar-refractivity contribution < 1.29 is 9.59 Å². The fourth-order valence-corrected chi connectivity index (χ4v) is 3.65. The average Bonchev–Trinajstić information content (AvgIpc) is 2.72. The van der Waals surface area contributed by atoms with E-state index in [4.69, 9.17) is 11.6 Å². The van der Waals surface area contributed by atoms with Crippen molar-refractivity contribution in [3.8, 4) is 0 Å². The molecule has 0 saturated heterocycles. The van der Waals surface area contributed by atoms with Gasteiger partial charge in [-0.2, -0.15) is 0 Å². The lowest BCUT2D eigenvalue weighted by molar-refractivity contribution is -0.121. The second-order valence-corrected chi connectivity index (χ2v) is 8.48. The Morgan fingerprint density at radius 1 is 1.03 bits per heavy atom. The van der Waals surface area contributed by atoms with Crippen molar-refractivity contribution in [1.29, 1.82) is 0 Å². The number of hydrogen-bond acceptors (Lipinski definition) is 3. The molecule has 5 nitrogen and oxygen atoms in total. The Balaban J connectivity index is 1.41. The maximum absolute atomic E-state index is 12.2. The fourth-order valence-electron chi connectivity index (χ4n) is 3.52. The van der Waals surface area contributed by atoms with Gasteiger partial charge in [-0.3, -0.25) is 14.5 Å². The fraction of sp³-hybridized carbons (Fsp3) is 0.391. The Kier molecular flexibility index (Phi) is 6.93. The van der Waals surface area contributed by atoms with E-state index < -0.39 is 0 Å². The van der Waals surface area contributed by atoms with E-state index in [9.17, 15) is 9.59 Å². The molecule has 0 saturated carbocycles. The van der Waals surface area contributed by atoms with E-state index in [1.54, 1.807) is 24.3 Å². The van der Waals surface area contributed by atoms with E-state index >= 15 is 0 Å². The van der Waals surface area contributed by atoms with Crippen LogP contribution in [-0.2, 0) is 17.8 Å². The Labute approximate surface area is 177 Å². The summed E-state index contributed by atoms with van der Waals surface area (Å²) in [4.78, 5) is 26.7. The van der Waals surface area contributed by atoms with Crippen molar-refractivity contribution in [3.05, 3.63) is 70.2 Å². The van der Waals surface area contributed by atoms with Crippen LogP contribution in [0.25, 0.3) is 0 Å². The van der Waals surface area contributed by atoms with Crippen LogP contribution in [0.4, 0.5) is 0 Å². The third-order valence-electron chi connectivity index (χ3n) is 5.45. The summed E-state index contributed by atoms with van der Waals surface area (Å²) in [6.45, 7) is 7.06. The summed E-state index contributed by atoms with van der Waals surface area (Å²) < 4.78 is 0. The van der Waals surface area contributed by atoms with Gasteiger partial charge < -0.3 is 10.6 Å². The maximum Gasteiger partial charge on any atom is 0.251 e. The first-order chi connectivity index (χ1) is 13.8. The zero-order chi connectivity index (χ0) is 20.9. The summed E-state index contributed by atoms with van der Waals surface area (Å²) in [5.41, 5.74) is 3.17. The molecule has 29 heavy (non-hydrogen) atoms. The second kappa shape index (κ2) is 9.42. The molecule has 0 unspecified atom stereocenters. The summed E-state index contributed by atoms with van der Waals surface area (Å²) >= 11 is 5.83. The number of nitrogens with one attached hydrogen (secondary N) is 2. The Hall–Kier alpha value is -2.37. The van der Waals surface area contributed by atoms with Gasteiger partial charge in [0.2, 0.25) is 5.91 Å². The first-order valence-electron chi connectivity index (χ1n) is 9.97. The van der Waals surface area contributed by atoms with Crippen LogP contribution in [0.15, 0.2) is 48.5 Å². The Morgan fingerprint density at radius 2 is 1.72 bits per heavy atom. The van der Waals surface area contributed by atoms with Crippen LogP contribution in [0, 0.1) is 0 Å². The third-order valence-corrected chi connectivity index (χ3v) is 5.70. The number of rotatable bonds is 7. The number of halogens is 1. The molecule has 3 rings (SSSR count). The molecule has 0 fully saturated rings. The first-order valence-corrected chi connectivity index (χ1v) is 10.4. The van der Waals surface area contributed by atoms with E-state index in [1.165, 1.54) is 11.1 Å². The van der Waals surface area contributed by atoms with E-state index in [-0.39, 0.29) is 23.8 Å². The lowest BCUT2D eigenvalue weighted by Crippen LogP contribution is -2.53. The van der Waals surface area contributed by atoms with Crippen LogP contribution < -0.4 is 10.6 Å². The minimum absolute atomic E-state index is 0.0631. The van der Waals surface area contributed by atoms with Gasteiger partial charge in [-0.15, -0.1) is 0 Å². The SMILES string of the molecule is CC(C)(CNC(=O)CCNC(=O)c1ccc(Cl)cc1)N1CCc2ccccc2C1. The van der Waals surface area contributed by atoms with Gasteiger partial charge >= 0.3 is 0 Å². The smallest absolute Gasteiger partial charge is 0.251 e. The Bertz CT molecular complexity index is 865. The van der Waals surface area contributed by atoms with E-state index in [2.05, 4.69) is 53.6 Å². The molecule has 0 spiro atoms. The average molecular weight is 414 g/mol. The normalized spacial score (nSPS) is 14.2. The molecular weight excluding hydrogens is 386 g/mol. The van der Waals surface area contributed by atoms with E-state index in [0.717, 1.165) is 19.5 Å². The van der Waals surface area contributed by atoms with Crippen molar-refractivity contribution in [2.45, 2.75) is 38.8 Å². The lowest BCUT2D eigenvalue weighted by Gasteiger charge is -2.41. The first kappa shape index (κ1) is 21.3. The molecule has 2 aromatic rings. The molecule has 154 valence electrons. The standard InChI is InChI=1S/C23H28ClN3O2/c1-23(2,27-14-12-17-5-3-4-6-19(17)15-27)16-26-21(28)11-13-25-22(29)18-7-9-20(24)10-8-18/h3-10H,11-16H2,1-2H3,(H,25,29)(H,26,28). The van der Waals surface area contributed by atoms with Crippen LogP contribution in [0.2, 0.25) is 5.02 Å². The molecule has 0 radical (unpaired) electrons. The lowest BCUT2D eigenvalue weighted by atomic mass is 9.94. The topological polar surface area (TPSA) is 61.4 Å². The van der Waals surface area contributed by atoms with Gasteiger partial charge in [0, 0.05) is 48.7 Å². The van der Waals surface area contributed by atoms with E-state index in [1.807, 2.05) is 0 Å². The van der Waals surface area contributed by atoms with Gasteiger partial charge in [0.1, 0.15) is 0 Å². The van der Waals surface area contributed by atoms with Crippen LogP contribution in [0.5, 0.6) is 0 Å².